The number of anilines is 1. The lowest BCUT2D eigenvalue weighted by Crippen LogP contribution is -2.54. The number of aromatic nitrogens is 2. The third-order valence-corrected chi connectivity index (χ3v) is 22.9. The molecule has 40 heavy (non-hydrogen) atoms. The molecule has 1 aliphatic rings. The molecule has 0 aromatic carbocycles. The van der Waals surface area contributed by atoms with E-state index in [2.05, 4.69) is 112 Å². The van der Waals surface area contributed by atoms with Crippen molar-refractivity contribution in [3.63, 3.8) is 0 Å². The number of nitrogens with zero attached hydrogens (tertiary/aromatic N) is 2. The fraction of sp³-hybridized carbons (Fsp3) is 0.857. The van der Waals surface area contributed by atoms with Gasteiger partial charge in [0, 0.05) is 6.20 Å². The highest BCUT2D eigenvalue weighted by molar-refractivity contribution is 6.75. The van der Waals surface area contributed by atoms with Crippen molar-refractivity contribution in [1.29, 1.82) is 0 Å². The van der Waals surface area contributed by atoms with Crippen molar-refractivity contribution in [2.45, 2.75) is 141 Å². The second-order valence-electron chi connectivity index (χ2n) is 15.6. The summed E-state index contributed by atoms with van der Waals surface area (Å²) in [7, 11) is -5.19. The average molecular weight is 616 g/mol. The largest absolute Gasteiger partial charge is 0.414 e. The molecule has 4 atom stereocenters. The predicted molar refractivity (Wildman–Crippen MR) is 170 cm³/mol. The molecule has 1 aromatic heterocycles. The summed E-state index contributed by atoms with van der Waals surface area (Å²) in [6.07, 6.45) is -0.360. The molecule has 1 aromatic rings. The normalized spacial score (nSPS) is 23.5. The van der Waals surface area contributed by atoms with Crippen LogP contribution in [0.4, 0.5) is 5.82 Å². The van der Waals surface area contributed by atoms with Crippen LogP contribution >= 0.6 is 0 Å². The Morgan fingerprint density at radius 1 is 0.850 bits per heavy atom. The van der Waals surface area contributed by atoms with Crippen LogP contribution < -0.4 is 11.2 Å². The van der Waals surface area contributed by atoms with Gasteiger partial charge in [-0.2, -0.15) is 4.98 Å². The van der Waals surface area contributed by atoms with E-state index in [0.717, 1.165) is 0 Å². The Labute approximate surface area is 246 Å². The first-order valence-electron chi connectivity index (χ1n) is 14.4. The topological polar surface area (TPSA) is 93.1 Å². The Balaban J connectivity index is 2.66. The smallest absolute Gasteiger partial charge is 0.351 e. The second kappa shape index (κ2) is 12.0. The third-order valence-electron chi connectivity index (χ3n) is 9.48. The van der Waals surface area contributed by atoms with E-state index < -0.39 is 55.2 Å². The Morgan fingerprint density at radius 2 is 1.32 bits per heavy atom. The minimum atomic E-state index is -2.31. The fourth-order valence-electron chi connectivity index (χ4n) is 3.64. The van der Waals surface area contributed by atoms with E-state index in [1.165, 1.54) is 11.7 Å². The van der Waals surface area contributed by atoms with Crippen LogP contribution in [0.25, 0.3) is 0 Å². The zero-order chi connectivity index (χ0) is 31.1. The molecule has 232 valence electrons. The summed E-state index contributed by atoms with van der Waals surface area (Å²) < 4.78 is 29.2. The van der Waals surface area contributed by atoms with Crippen LogP contribution in [0.2, 0.25) is 54.4 Å². The molecule has 0 spiro atoms. The van der Waals surface area contributed by atoms with E-state index in [4.69, 9.17) is 22.9 Å². The van der Waals surface area contributed by atoms with Crippen molar-refractivity contribution >= 4 is 30.8 Å². The molecule has 2 unspecified atom stereocenters. The van der Waals surface area contributed by atoms with Gasteiger partial charge in [0.15, 0.2) is 37.0 Å². The maximum Gasteiger partial charge on any atom is 0.351 e. The molecule has 1 saturated heterocycles. The summed E-state index contributed by atoms with van der Waals surface area (Å²) in [5, 5.41) is -0.0313. The molecular weight excluding hydrogens is 559 g/mol. The number of ether oxygens (including phenoxy) is 1. The Kier molecular flexibility index (Phi) is 10.6. The van der Waals surface area contributed by atoms with Gasteiger partial charge in [0.25, 0.3) is 0 Å². The predicted octanol–water partition coefficient (Wildman–Crippen LogP) is 6.92. The Bertz CT molecular complexity index is 1060. The summed E-state index contributed by atoms with van der Waals surface area (Å²) in [5.41, 5.74) is 2.18. The maximum atomic E-state index is 13.3. The Morgan fingerprint density at radius 3 is 1.75 bits per heavy atom. The average Bonchev–Trinajstić information content (AvgIpc) is 3.06. The van der Waals surface area contributed by atoms with Crippen molar-refractivity contribution in [2.24, 2.45) is 0 Å². The lowest BCUT2D eigenvalue weighted by Gasteiger charge is -2.44. The number of hydrogen-bond donors (Lipinski definition) is 1. The number of rotatable bonds is 10. The van der Waals surface area contributed by atoms with Crippen LogP contribution in [0.15, 0.2) is 17.1 Å². The molecular formula is C28H57N3O6Si3. The van der Waals surface area contributed by atoms with E-state index in [1.807, 2.05) is 0 Å². The Hall–Kier alpha value is -0.869. The third kappa shape index (κ3) is 7.94. The number of hydrogen-bond acceptors (Lipinski definition) is 8. The zero-order valence-electron chi connectivity index (χ0n) is 28.0. The van der Waals surface area contributed by atoms with E-state index in [0.29, 0.717) is 12.4 Å². The second-order valence-corrected chi connectivity index (χ2v) is 30.0. The van der Waals surface area contributed by atoms with Gasteiger partial charge in [0.2, 0.25) is 0 Å². The molecule has 1 aliphatic heterocycles. The molecule has 1 fully saturated rings. The highest BCUT2D eigenvalue weighted by Crippen LogP contribution is 2.46. The SMILES string of the molecule is CONc1ccn([C@@H]2O[C@H](CO[Si](C)(C)C(C)(C)C)C(O[Si](C)(C)C(C)(C)C)C2O[Si](C)(C)C(C)(C)C)c(=O)n1. The van der Waals surface area contributed by atoms with E-state index in [-0.39, 0.29) is 15.1 Å². The molecule has 12 heteroatoms. The minimum Gasteiger partial charge on any atom is -0.414 e. The van der Waals surface area contributed by atoms with Gasteiger partial charge in [-0.15, -0.1) is 0 Å². The van der Waals surface area contributed by atoms with Gasteiger partial charge in [-0.25, -0.2) is 10.3 Å². The van der Waals surface area contributed by atoms with Crippen molar-refractivity contribution < 1.29 is 22.9 Å². The molecule has 2 heterocycles. The van der Waals surface area contributed by atoms with Gasteiger partial charge in [-0.1, -0.05) is 62.3 Å². The molecule has 0 saturated carbocycles. The van der Waals surface area contributed by atoms with E-state index >= 15 is 0 Å². The van der Waals surface area contributed by atoms with Crippen LogP contribution in [-0.4, -0.2) is 66.5 Å². The highest BCUT2D eigenvalue weighted by atomic mass is 28.4. The van der Waals surface area contributed by atoms with Crippen molar-refractivity contribution in [3.05, 3.63) is 22.7 Å². The van der Waals surface area contributed by atoms with Gasteiger partial charge < -0.3 is 18.0 Å². The molecule has 0 amide bonds. The molecule has 0 radical (unpaired) electrons. The maximum absolute atomic E-state index is 13.3. The van der Waals surface area contributed by atoms with Crippen LogP contribution in [-0.2, 0) is 22.9 Å². The monoisotopic (exact) mass is 615 g/mol. The van der Waals surface area contributed by atoms with Crippen LogP contribution in [0, 0.1) is 0 Å². The first-order valence-corrected chi connectivity index (χ1v) is 23.1. The summed E-state index contributed by atoms with van der Waals surface area (Å²) in [4.78, 5) is 22.4. The summed E-state index contributed by atoms with van der Waals surface area (Å²) in [6.45, 7) is 33.8. The lowest BCUT2D eigenvalue weighted by molar-refractivity contribution is -0.0509. The number of nitrogens with one attached hydrogen (secondary N) is 1. The van der Waals surface area contributed by atoms with Crippen molar-refractivity contribution in [2.75, 3.05) is 19.2 Å². The van der Waals surface area contributed by atoms with E-state index in [9.17, 15) is 4.79 Å². The molecule has 2 rings (SSSR count). The molecule has 1 N–H and O–H groups in total. The summed E-state index contributed by atoms with van der Waals surface area (Å²) >= 11 is 0. The first kappa shape index (κ1) is 35.3. The standard InChI is InChI=1S/C28H57N3O6Si3/c1-26(2,3)38(11,12)34-19-20-22(36-39(13,14)27(4,5)6)23(37-40(15,16)28(7,8)9)24(35-20)31-18-17-21(30-33-10)29-25(31)32/h17-18,20,22-24H,19H2,1-16H3,(H,29,30,32)/t20-,22?,23?,24-/m1/s1. The van der Waals surface area contributed by atoms with Gasteiger partial charge >= 0.3 is 5.69 Å². The van der Waals surface area contributed by atoms with Crippen LogP contribution in [0.3, 0.4) is 0 Å². The zero-order valence-corrected chi connectivity index (χ0v) is 31.0. The van der Waals surface area contributed by atoms with Crippen molar-refractivity contribution in [3.8, 4) is 0 Å². The summed E-state index contributed by atoms with van der Waals surface area (Å²) in [5.74, 6) is 0.329. The van der Waals surface area contributed by atoms with Gasteiger partial charge in [-0.3, -0.25) is 9.40 Å². The van der Waals surface area contributed by atoms with Crippen LogP contribution in [0.5, 0.6) is 0 Å². The highest BCUT2D eigenvalue weighted by Gasteiger charge is 2.55. The minimum absolute atomic E-state index is 0.0245. The molecule has 0 bridgehead atoms. The lowest BCUT2D eigenvalue weighted by atomic mass is 10.1. The first-order chi connectivity index (χ1) is 17.8. The van der Waals surface area contributed by atoms with Crippen LogP contribution in [0.1, 0.15) is 68.5 Å². The fourth-order valence-corrected chi connectivity index (χ4v) is 7.26. The van der Waals surface area contributed by atoms with Crippen molar-refractivity contribution in [1.82, 2.24) is 9.55 Å². The van der Waals surface area contributed by atoms with Gasteiger partial charge in [-0.05, 0) is 60.5 Å². The van der Waals surface area contributed by atoms with Gasteiger partial charge in [0.05, 0.1) is 13.7 Å². The quantitative estimate of drug-likeness (QED) is 0.224. The summed E-state index contributed by atoms with van der Waals surface area (Å²) in [6, 6.07) is 1.70. The van der Waals surface area contributed by atoms with E-state index in [1.54, 1.807) is 12.3 Å². The molecule has 0 aliphatic carbocycles. The molecule has 9 nitrogen and oxygen atoms in total. The van der Waals surface area contributed by atoms with Gasteiger partial charge in [0.1, 0.15) is 18.3 Å².